The summed E-state index contributed by atoms with van der Waals surface area (Å²) >= 11 is 6.21. The van der Waals surface area contributed by atoms with Crippen LogP contribution in [0.5, 0.6) is 0 Å². The second-order valence-electron chi connectivity index (χ2n) is 4.94. The van der Waals surface area contributed by atoms with E-state index in [9.17, 15) is 4.79 Å². The Labute approximate surface area is 118 Å². The van der Waals surface area contributed by atoms with E-state index >= 15 is 0 Å². The standard InChI is InChI=1S/C14H19ClN2O2/c1-16-4-6-17(7-5-16)12-3-2-11(14(15)9-12)8-13(19)10-18/h2-3,9,18H,4-8,10H2,1H3. The van der Waals surface area contributed by atoms with E-state index in [1.54, 1.807) is 0 Å². The number of carbonyl (C=O) groups is 1. The number of Topliss-reactive ketones (excluding diaryl/α,β-unsaturated/α-hetero) is 1. The largest absolute Gasteiger partial charge is 0.389 e. The molecule has 0 amide bonds. The van der Waals surface area contributed by atoms with Gasteiger partial charge in [-0.1, -0.05) is 17.7 Å². The first-order valence-corrected chi connectivity index (χ1v) is 6.82. The molecule has 0 bridgehead atoms. The minimum atomic E-state index is -0.434. The fourth-order valence-corrected chi connectivity index (χ4v) is 2.45. The van der Waals surface area contributed by atoms with Crippen molar-refractivity contribution >= 4 is 23.1 Å². The van der Waals surface area contributed by atoms with Gasteiger partial charge < -0.3 is 14.9 Å². The molecule has 1 fully saturated rings. The Morgan fingerprint density at radius 3 is 2.58 bits per heavy atom. The average Bonchev–Trinajstić information content (AvgIpc) is 2.41. The SMILES string of the molecule is CN1CCN(c2ccc(CC(=O)CO)c(Cl)c2)CC1. The van der Waals surface area contributed by atoms with Gasteiger partial charge in [-0.05, 0) is 24.7 Å². The van der Waals surface area contributed by atoms with Gasteiger partial charge in [0.1, 0.15) is 6.61 Å². The third-order valence-electron chi connectivity index (χ3n) is 3.47. The van der Waals surface area contributed by atoms with Crippen LogP contribution in [0, 0.1) is 0 Å². The number of benzene rings is 1. The number of anilines is 1. The molecule has 1 N–H and O–H groups in total. The summed E-state index contributed by atoms with van der Waals surface area (Å²) in [6.45, 7) is 3.63. The van der Waals surface area contributed by atoms with Gasteiger partial charge in [-0.15, -0.1) is 0 Å². The summed E-state index contributed by atoms with van der Waals surface area (Å²) in [6, 6.07) is 5.79. The summed E-state index contributed by atoms with van der Waals surface area (Å²) in [5.74, 6) is -0.214. The number of carbonyl (C=O) groups excluding carboxylic acids is 1. The van der Waals surface area contributed by atoms with Gasteiger partial charge in [-0.25, -0.2) is 0 Å². The lowest BCUT2D eigenvalue weighted by Crippen LogP contribution is -2.44. The van der Waals surface area contributed by atoms with Crippen molar-refractivity contribution in [1.29, 1.82) is 0 Å². The van der Waals surface area contributed by atoms with Crippen LogP contribution in [0.3, 0.4) is 0 Å². The first kappa shape index (κ1) is 14.3. The number of aliphatic hydroxyl groups is 1. The Morgan fingerprint density at radius 2 is 2.00 bits per heavy atom. The molecule has 1 aromatic carbocycles. The van der Waals surface area contributed by atoms with Crippen LogP contribution in [0.4, 0.5) is 5.69 Å². The maximum atomic E-state index is 11.2. The molecule has 0 aromatic heterocycles. The first-order valence-electron chi connectivity index (χ1n) is 6.44. The molecule has 0 atom stereocenters. The van der Waals surface area contributed by atoms with E-state index < -0.39 is 6.61 Å². The van der Waals surface area contributed by atoms with Crippen molar-refractivity contribution < 1.29 is 9.90 Å². The van der Waals surface area contributed by atoms with Gasteiger partial charge in [0.25, 0.3) is 0 Å². The van der Waals surface area contributed by atoms with Crippen molar-refractivity contribution in [3.63, 3.8) is 0 Å². The van der Waals surface area contributed by atoms with E-state index in [0.717, 1.165) is 37.4 Å². The molecule has 0 radical (unpaired) electrons. The van der Waals surface area contributed by atoms with E-state index in [2.05, 4.69) is 16.8 Å². The molecule has 0 aliphatic carbocycles. The van der Waals surface area contributed by atoms with Crippen LogP contribution >= 0.6 is 11.6 Å². The summed E-state index contributed by atoms with van der Waals surface area (Å²) in [5.41, 5.74) is 1.87. The molecular formula is C14H19ClN2O2. The molecule has 2 rings (SSSR count). The third kappa shape index (κ3) is 3.69. The molecule has 0 spiro atoms. The number of nitrogens with zero attached hydrogens (tertiary/aromatic N) is 2. The van der Waals surface area contributed by atoms with Crippen LogP contribution in [-0.2, 0) is 11.2 Å². The molecule has 1 aromatic rings. The number of piperazine rings is 1. The van der Waals surface area contributed by atoms with E-state index in [1.807, 2.05) is 18.2 Å². The molecule has 19 heavy (non-hydrogen) atoms. The quantitative estimate of drug-likeness (QED) is 0.901. The van der Waals surface area contributed by atoms with Crippen molar-refractivity contribution in [2.45, 2.75) is 6.42 Å². The summed E-state index contributed by atoms with van der Waals surface area (Å²) in [4.78, 5) is 15.8. The number of hydrogen-bond donors (Lipinski definition) is 1. The second kappa shape index (κ2) is 6.37. The van der Waals surface area contributed by atoms with E-state index in [-0.39, 0.29) is 12.2 Å². The lowest BCUT2D eigenvalue weighted by molar-refractivity contribution is -0.121. The fourth-order valence-electron chi connectivity index (χ4n) is 2.21. The predicted molar refractivity (Wildman–Crippen MR) is 77.0 cm³/mol. The Hall–Kier alpha value is -1.10. The molecule has 1 heterocycles. The summed E-state index contributed by atoms with van der Waals surface area (Å²) < 4.78 is 0. The maximum Gasteiger partial charge on any atom is 0.162 e. The fraction of sp³-hybridized carbons (Fsp3) is 0.500. The molecule has 1 saturated heterocycles. The highest BCUT2D eigenvalue weighted by molar-refractivity contribution is 6.31. The highest BCUT2D eigenvalue weighted by Crippen LogP contribution is 2.25. The van der Waals surface area contributed by atoms with Crippen molar-refractivity contribution in [3.8, 4) is 0 Å². The minimum Gasteiger partial charge on any atom is -0.389 e. The lowest BCUT2D eigenvalue weighted by Gasteiger charge is -2.34. The zero-order chi connectivity index (χ0) is 13.8. The molecule has 1 aliphatic heterocycles. The number of likely N-dealkylation sites (N-methyl/N-ethyl adjacent to an activating group) is 1. The van der Waals surface area contributed by atoms with Crippen LogP contribution in [0.15, 0.2) is 18.2 Å². The first-order chi connectivity index (χ1) is 9.10. The van der Waals surface area contributed by atoms with Crippen molar-refractivity contribution in [1.82, 2.24) is 4.90 Å². The predicted octanol–water partition coefficient (Wildman–Crippen LogP) is 1.20. The van der Waals surface area contributed by atoms with Crippen molar-refractivity contribution in [2.75, 3.05) is 44.7 Å². The molecule has 5 heteroatoms. The van der Waals surface area contributed by atoms with Gasteiger partial charge in [-0.3, -0.25) is 4.79 Å². The van der Waals surface area contributed by atoms with Gasteiger partial charge in [0.15, 0.2) is 5.78 Å². The molecule has 104 valence electrons. The number of ketones is 1. The van der Waals surface area contributed by atoms with Gasteiger partial charge in [0, 0.05) is 43.3 Å². The van der Waals surface area contributed by atoms with Gasteiger partial charge in [0.05, 0.1) is 0 Å². The maximum absolute atomic E-state index is 11.2. The summed E-state index contributed by atoms with van der Waals surface area (Å²) in [6.07, 6.45) is 0.193. The Balaban J connectivity index is 2.08. The van der Waals surface area contributed by atoms with Gasteiger partial charge in [-0.2, -0.15) is 0 Å². The van der Waals surface area contributed by atoms with Crippen molar-refractivity contribution in [3.05, 3.63) is 28.8 Å². The second-order valence-corrected chi connectivity index (χ2v) is 5.35. The number of aliphatic hydroxyl groups excluding tert-OH is 1. The Bertz CT molecular complexity index is 457. The van der Waals surface area contributed by atoms with Gasteiger partial charge in [0.2, 0.25) is 0 Å². The average molecular weight is 283 g/mol. The van der Waals surface area contributed by atoms with Crippen LogP contribution < -0.4 is 4.90 Å². The minimum absolute atomic E-state index is 0.193. The summed E-state index contributed by atoms with van der Waals surface area (Å²) in [5, 5.41) is 9.36. The summed E-state index contributed by atoms with van der Waals surface area (Å²) in [7, 11) is 2.12. The normalized spacial score (nSPS) is 16.7. The lowest BCUT2D eigenvalue weighted by atomic mass is 10.1. The Morgan fingerprint density at radius 1 is 1.32 bits per heavy atom. The zero-order valence-electron chi connectivity index (χ0n) is 11.1. The highest BCUT2D eigenvalue weighted by atomic mass is 35.5. The van der Waals surface area contributed by atoms with Gasteiger partial charge >= 0.3 is 0 Å². The monoisotopic (exact) mass is 282 g/mol. The molecule has 0 saturated carbocycles. The van der Waals surface area contributed by atoms with Crippen LogP contribution in [-0.4, -0.2) is 55.6 Å². The highest BCUT2D eigenvalue weighted by Gasteiger charge is 2.15. The Kier molecular flexibility index (Phi) is 4.80. The van der Waals surface area contributed by atoms with Crippen LogP contribution in [0.2, 0.25) is 5.02 Å². The number of halogens is 1. The van der Waals surface area contributed by atoms with Crippen LogP contribution in [0.25, 0.3) is 0 Å². The number of hydrogen-bond acceptors (Lipinski definition) is 4. The van der Waals surface area contributed by atoms with E-state index in [1.165, 1.54) is 0 Å². The number of rotatable bonds is 4. The van der Waals surface area contributed by atoms with Crippen molar-refractivity contribution in [2.24, 2.45) is 0 Å². The van der Waals surface area contributed by atoms with Crippen LogP contribution in [0.1, 0.15) is 5.56 Å². The molecular weight excluding hydrogens is 264 g/mol. The third-order valence-corrected chi connectivity index (χ3v) is 3.82. The topological polar surface area (TPSA) is 43.8 Å². The van der Waals surface area contributed by atoms with E-state index in [4.69, 9.17) is 16.7 Å². The smallest absolute Gasteiger partial charge is 0.162 e. The molecule has 4 nitrogen and oxygen atoms in total. The zero-order valence-corrected chi connectivity index (χ0v) is 11.9. The van der Waals surface area contributed by atoms with E-state index in [0.29, 0.717) is 5.02 Å². The molecule has 0 unspecified atom stereocenters. The molecule has 1 aliphatic rings.